The van der Waals surface area contributed by atoms with Crippen LogP contribution in [0.5, 0.6) is 0 Å². The van der Waals surface area contributed by atoms with E-state index < -0.39 is 0 Å². The van der Waals surface area contributed by atoms with Gasteiger partial charge in [-0.25, -0.2) is 0 Å². The molecule has 0 amide bonds. The highest BCUT2D eigenvalue weighted by atomic mass is 15.2. The molecule has 0 aliphatic rings. The van der Waals surface area contributed by atoms with Crippen molar-refractivity contribution in [1.29, 1.82) is 0 Å². The Hall–Kier alpha value is -1.81. The van der Waals surface area contributed by atoms with Gasteiger partial charge in [-0.1, -0.05) is 30.3 Å². The minimum Gasteiger partial charge on any atom is -0.353 e. The number of nitrogens with zero attached hydrogens (tertiary/aromatic N) is 2. The summed E-state index contributed by atoms with van der Waals surface area (Å²) in [4.78, 5) is 6.31. The lowest BCUT2D eigenvalue weighted by atomic mass is 10.1. The van der Waals surface area contributed by atoms with Crippen LogP contribution in [0, 0.1) is 0 Å². The van der Waals surface area contributed by atoms with Crippen LogP contribution in [0.2, 0.25) is 0 Å². The highest BCUT2D eigenvalue weighted by Crippen LogP contribution is 2.06. The minimum absolute atomic E-state index is 0.709. The average molecular weight is 260 g/mol. The van der Waals surface area contributed by atoms with Gasteiger partial charge in [-0.05, 0) is 25.2 Å². The summed E-state index contributed by atoms with van der Waals surface area (Å²) in [5, 5.41) is 6.43. The maximum Gasteiger partial charge on any atom is 0.191 e. The standard InChI is InChI=1S/C15H24N4/c1-5-9-17-15(16-2)18-11-13-7-6-8-14(10-13)12-19(3)4/h5-8,10H,1,9,11-12H2,2-4H3,(H2,16,17,18). The van der Waals surface area contributed by atoms with Gasteiger partial charge in [0, 0.05) is 26.7 Å². The zero-order valence-electron chi connectivity index (χ0n) is 12.1. The first-order valence-electron chi connectivity index (χ1n) is 6.43. The maximum atomic E-state index is 4.15. The van der Waals surface area contributed by atoms with Crippen LogP contribution >= 0.6 is 0 Å². The van der Waals surface area contributed by atoms with Crippen LogP contribution in [0.3, 0.4) is 0 Å². The van der Waals surface area contributed by atoms with Crippen molar-refractivity contribution in [2.45, 2.75) is 13.1 Å². The van der Waals surface area contributed by atoms with E-state index in [4.69, 9.17) is 0 Å². The molecule has 0 atom stereocenters. The molecule has 104 valence electrons. The summed E-state index contributed by atoms with van der Waals surface area (Å²) >= 11 is 0. The monoisotopic (exact) mass is 260 g/mol. The second kappa shape index (κ2) is 8.32. The number of benzene rings is 1. The van der Waals surface area contributed by atoms with E-state index in [1.54, 1.807) is 7.05 Å². The highest BCUT2D eigenvalue weighted by molar-refractivity contribution is 5.79. The van der Waals surface area contributed by atoms with Gasteiger partial charge >= 0.3 is 0 Å². The first kappa shape index (κ1) is 15.2. The summed E-state index contributed by atoms with van der Waals surface area (Å²) in [6, 6.07) is 8.57. The largest absolute Gasteiger partial charge is 0.353 e. The van der Waals surface area contributed by atoms with Crippen LogP contribution in [0.1, 0.15) is 11.1 Å². The predicted molar refractivity (Wildman–Crippen MR) is 82.2 cm³/mol. The summed E-state index contributed by atoms with van der Waals surface area (Å²) in [5.41, 5.74) is 2.57. The highest BCUT2D eigenvalue weighted by Gasteiger charge is 1.99. The van der Waals surface area contributed by atoms with Gasteiger partial charge in [0.15, 0.2) is 5.96 Å². The molecular weight excluding hydrogens is 236 g/mol. The molecule has 0 heterocycles. The quantitative estimate of drug-likeness (QED) is 0.464. The van der Waals surface area contributed by atoms with E-state index in [0.717, 1.165) is 19.0 Å². The number of aliphatic imine (C=N–C) groups is 1. The van der Waals surface area contributed by atoms with Crippen LogP contribution < -0.4 is 10.6 Å². The van der Waals surface area contributed by atoms with Crippen molar-refractivity contribution in [2.24, 2.45) is 4.99 Å². The van der Waals surface area contributed by atoms with Gasteiger partial charge in [0.25, 0.3) is 0 Å². The van der Waals surface area contributed by atoms with Crippen molar-refractivity contribution in [1.82, 2.24) is 15.5 Å². The maximum absolute atomic E-state index is 4.15. The number of nitrogens with one attached hydrogen (secondary N) is 2. The molecule has 0 aliphatic carbocycles. The lowest BCUT2D eigenvalue weighted by Gasteiger charge is -2.13. The summed E-state index contributed by atoms with van der Waals surface area (Å²) < 4.78 is 0. The molecule has 0 bridgehead atoms. The summed E-state index contributed by atoms with van der Waals surface area (Å²) in [7, 11) is 5.92. The van der Waals surface area contributed by atoms with Crippen LogP contribution in [0.15, 0.2) is 41.9 Å². The van der Waals surface area contributed by atoms with E-state index in [2.05, 4.69) is 65.5 Å². The summed E-state index contributed by atoms with van der Waals surface area (Å²) in [6.07, 6.45) is 1.81. The molecule has 4 nitrogen and oxygen atoms in total. The molecule has 0 radical (unpaired) electrons. The van der Waals surface area contributed by atoms with Crippen molar-refractivity contribution in [3.05, 3.63) is 48.0 Å². The molecule has 0 aliphatic heterocycles. The fraction of sp³-hybridized carbons (Fsp3) is 0.400. The van der Waals surface area contributed by atoms with Gasteiger partial charge < -0.3 is 15.5 Å². The second-order valence-corrected chi connectivity index (χ2v) is 4.65. The first-order chi connectivity index (χ1) is 9.15. The van der Waals surface area contributed by atoms with Crippen molar-refractivity contribution in [2.75, 3.05) is 27.7 Å². The van der Waals surface area contributed by atoms with E-state index in [-0.39, 0.29) is 0 Å². The second-order valence-electron chi connectivity index (χ2n) is 4.65. The van der Waals surface area contributed by atoms with Gasteiger partial charge in [0.05, 0.1) is 0 Å². The Kier molecular flexibility index (Phi) is 6.68. The summed E-state index contributed by atoms with van der Waals surface area (Å²) in [6.45, 7) is 6.10. The van der Waals surface area contributed by atoms with E-state index in [1.165, 1.54) is 11.1 Å². The van der Waals surface area contributed by atoms with E-state index in [9.17, 15) is 0 Å². The van der Waals surface area contributed by atoms with Crippen LogP contribution in [-0.4, -0.2) is 38.5 Å². The van der Waals surface area contributed by atoms with E-state index in [1.807, 2.05) is 6.08 Å². The number of hydrogen-bond donors (Lipinski definition) is 2. The number of guanidine groups is 1. The predicted octanol–water partition coefficient (Wildman–Crippen LogP) is 1.60. The molecule has 0 saturated carbocycles. The molecule has 1 rings (SSSR count). The molecule has 0 spiro atoms. The van der Waals surface area contributed by atoms with Gasteiger partial charge in [-0.15, -0.1) is 6.58 Å². The van der Waals surface area contributed by atoms with Gasteiger partial charge in [0.2, 0.25) is 0 Å². The van der Waals surface area contributed by atoms with Gasteiger partial charge in [-0.2, -0.15) is 0 Å². The third-order valence-electron chi connectivity index (χ3n) is 2.59. The Morgan fingerprint density at radius 3 is 2.68 bits per heavy atom. The van der Waals surface area contributed by atoms with Crippen molar-refractivity contribution in [3.8, 4) is 0 Å². The Balaban J connectivity index is 2.54. The molecule has 19 heavy (non-hydrogen) atoms. The Labute approximate surface area is 116 Å². The summed E-state index contributed by atoms with van der Waals surface area (Å²) in [5.74, 6) is 0.790. The van der Waals surface area contributed by atoms with Crippen molar-refractivity contribution < 1.29 is 0 Å². The van der Waals surface area contributed by atoms with E-state index in [0.29, 0.717) is 6.54 Å². The number of rotatable bonds is 6. The molecule has 4 heteroatoms. The molecule has 1 aromatic carbocycles. The van der Waals surface area contributed by atoms with Crippen LogP contribution in [0.4, 0.5) is 0 Å². The third-order valence-corrected chi connectivity index (χ3v) is 2.59. The molecule has 2 N–H and O–H groups in total. The molecular formula is C15H24N4. The Bertz CT molecular complexity index is 424. The first-order valence-corrected chi connectivity index (χ1v) is 6.43. The van der Waals surface area contributed by atoms with Crippen molar-refractivity contribution >= 4 is 5.96 Å². The van der Waals surface area contributed by atoms with Crippen molar-refractivity contribution in [3.63, 3.8) is 0 Å². The van der Waals surface area contributed by atoms with Gasteiger partial charge in [0.1, 0.15) is 0 Å². The lowest BCUT2D eigenvalue weighted by molar-refractivity contribution is 0.402. The van der Waals surface area contributed by atoms with Crippen LogP contribution in [-0.2, 0) is 13.1 Å². The SMILES string of the molecule is C=CCNC(=NC)NCc1cccc(CN(C)C)c1. The lowest BCUT2D eigenvalue weighted by Crippen LogP contribution is -2.36. The molecule has 0 saturated heterocycles. The Morgan fingerprint density at radius 1 is 1.32 bits per heavy atom. The zero-order valence-corrected chi connectivity index (χ0v) is 12.1. The zero-order chi connectivity index (χ0) is 14.1. The molecule has 0 unspecified atom stereocenters. The normalized spacial score (nSPS) is 11.5. The smallest absolute Gasteiger partial charge is 0.191 e. The topological polar surface area (TPSA) is 39.7 Å². The average Bonchev–Trinajstić information content (AvgIpc) is 2.38. The Morgan fingerprint density at radius 2 is 2.05 bits per heavy atom. The molecule has 0 aromatic heterocycles. The molecule has 0 fully saturated rings. The fourth-order valence-electron chi connectivity index (χ4n) is 1.78. The van der Waals surface area contributed by atoms with Gasteiger partial charge in [-0.3, -0.25) is 4.99 Å². The fourth-order valence-corrected chi connectivity index (χ4v) is 1.78. The van der Waals surface area contributed by atoms with E-state index >= 15 is 0 Å². The third kappa shape index (κ3) is 6.06. The molecule has 1 aromatic rings. The minimum atomic E-state index is 0.709. The number of hydrogen-bond acceptors (Lipinski definition) is 2. The van der Waals surface area contributed by atoms with Crippen LogP contribution in [0.25, 0.3) is 0 Å².